The minimum absolute atomic E-state index is 0.269. The molecule has 0 aromatic heterocycles. The van der Waals surface area contributed by atoms with E-state index in [1.165, 1.54) is 4.31 Å². The van der Waals surface area contributed by atoms with Gasteiger partial charge in [0.15, 0.2) is 0 Å². The fourth-order valence-electron chi connectivity index (χ4n) is 2.54. The van der Waals surface area contributed by atoms with E-state index >= 15 is 0 Å². The van der Waals surface area contributed by atoms with Crippen LogP contribution in [0.2, 0.25) is 0 Å². The first-order chi connectivity index (χ1) is 8.93. The Morgan fingerprint density at radius 1 is 1.26 bits per heavy atom. The van der Waals surface area contributed by atoms with Crippen molar-refractivity contribution in [1.82, 2.24) is 0 Å². The highest BCUT2D eigenvalue weighted by Gasteiger charge is 2.31. The van der Waals surface area contributed by atoms with Gasteiger partial charge in [-0.05, 0) is 31.0 Å². The summed E-state index contributed by atoms with van der Waals surface area (Å²) in [6.45, 7) is 0. The Labute approximate surface area is 123 Å². The zero-order valence-corrected chi connectivity index (χ0v) is 13.4. The van der Waals surface area contributed by atoms with Gasteiger partial charge in [0.2, 0.25) is 10.0 Å². The molecule has 6 heteroatoms. The van der Waals surface area contributed by atoms with Crippen molar-refractivity contribution in [1.29, 1.82) is 0 Å². The number of benzene rings is 1. The fraction of sp³-hybridized carbons (Fsp3) is 0.538. The van der Waals surface area contributed by atoms with Crippen LogP contribution in [0.15, 0.2) is 22.7 Å². The van der Waals surface area contributed by atoms with Gasteiger partial charge in [0.05, 0.1) is 16.6 Å². The summed E-state index contributed by atoms with van der Waals surface area (Å²) in [5, 5.41) is -0.269. The maximum absolute atomic E-state index is 12.6. The van der Waals surface area contributed by atoms with E-state index in [1.807, 2.05) is 0 Å². The summed E-state index contributed by atoms with van der Waals surface area (Å²) in [5.41, 5.74) is 6.93. The van der Waals surface area contributed by atoms with Crippen LogP contribution in [0.5, 0.6) is 0 Å². The van der Waals surface area contributed by atoms with E-state index in [4.69, 9.17) is 5.73 Å². The molecule has 2 rings (SSSR count). The molecule has 1 fully saturated rings. The van der Waals surface area contributed by atoms with E-state index in [2.05, 4.69) is 15.9 Å². The van der Waals surface area contributed by atoms with Gasteiger partial charge in [-0.3, -0.25) is 4.31 Å². The Morgan fingerprint density at radius 3 is 2.47 bits per heavy atom. The number of nitrogens with zero attached hydrogens (tertiary/aromatic N) is 1. The molecule has 0 heterocycles. The first-order valence-corrected chi connectivity index (χ1v) is 8.75. The van der Waals surface area contributed by atoms with Crippen molar-refractivity contribution < 1.29 is 8.42 Å². The standard InChI is InChI=1S/C13H19BrN2O2S/c1-16(13-8-7-10(14)9-12(13)15)19(17,18)11-5-3-2-4-6-11/h7-9,11H,2-6,15H2,1H3. The maximum atomic E-state index is 12.6. The van der Waals surface area contributed by atoms with Gasteiger partial charge >= 0.3 is 0 Å². The maximum Gasteiger partial charge on any atom is 0.237 e. The van der Waals surface area contributed by atoms with Crippen LogP contribution in [-0.4, -0.2) is 20.7 Å². The molecule has 0 radical (unpaired) electrons. The van der Waals surface area contributed by atoms with Crippen LogP contribution in [-0.2, 0) is 10.0 Å². The third-order valence-corrected chi connectivity index (χ3v) is 6.45. The van der Waals surface area contributed by atoms with E-state index in [-0.39, 0.29) is 5.25 Å². The molecule has 0 spiro atoms. The molecule has 0 atom stereocenters. The third kappa shape index (κ3) is 3.05. The molecule has 1 aromatic carbocycles. The molecule has 0 unspecified atom stereocenters. The molecule has 1 aromatic rings. The van der Waals surface area contributed by atoms with Crippen molar-refractivity contribution in [3.8, 4) is 0 Å². The molecule has 106 valence electrons. The smallest absolute Gasteiger partial charge is 0.237 e. The quantitative estimate of drug-likeness (QED) is 0.855. The number of rotatable bonds is 3. The molecule has 1 aliphatic carbocycles. The molecule has 0 amide bonds. The first-order valence-electron chi connectivity index (χ1n) is 6.45. The van der Waals surface area contributed by atoms with Crippen molar-refractivity contribution in [2.24, 2.45) is 0 Å². The van der Waals surface area contributed by atoms with Crippen LogP contribution in [0.25, 0.3) is 0 Å². The topological polar surface area (TPSA) is 63.4 Å². The minimum atomic E-state index is -3.31. The average Bonchev–Trinajstić information content (AvgIpc) is 2.39. The summed E-state index contributed by atoms with van der Waals surface area (Å²) >= 11 is 3.32. The van der Waals surface area contributed by atoms with Gasteiger partial charge in [0.1, 0.15) is 0 Å². The molecule has 4 nitrogen and oxygen atoms in total. The van der Waals surface area contributed by atoms with Crippen LogP contribution in [0.3, 0.4) is 0 Å². The number of anilines is 2. The van der Waals surface area contributed by atoms with Crippen LogP contribution in [0.1, 0.15) is 32.1 Å². The Kier molecular flexibility index (Phi) is 4.40. The molecule has 0 aliphatic heterocycles. The number of sulfonamides is 1. The van der Waals surface area contributed by atoms with Gasteiger partial charge in [-0.25, -0.2) is 8.42 Å². The SMILES string of the molecule is CN(c1ccc(Br)cc1N)S(=O)(=O)C1CCCCC1. The largest absolute Gasteiger partial charge is 0.397 e. The predicted molar refractivity (Wildman–Crippen MR) is 82.8 cm³/mol. The second kappa shape index (κ2) is 5.71. The second-order valence-corrected chi connectivity index (χ2v) is 8.14. The Hall–Kier alpha value is -0.750. The van der Waals surface area contributed by atoms with Gasteiger partial charge in [-0.15, -0.1) is 0 Å². The van der Waals surface area contributed by atoms with Crippen molar-refractivity contribution in [3.05, 3.63) is 22.7 Å². The van der Waals surface area contributed by atoms with Crippen molar-refractivity contribution in [2.45, 2.75) is 37.4 Å². The number of nitrogens with two attached hydrogens (primary N) is 1. The zero-order chi connectivity index (χ0) is 14.0. The second-order valence-electron chi connectivity index (χ2n) is 4.98. The lowest BCUT2D eigenvalue weighted by molar-refractivity contribution is 0.483. The van der Waals surface area contributed by atoms with E-state index in [0.29, 0.717) is 11.4 Å². The number of hydrogen-bond donors (Lipinski definition) is 1. The highest BCUT2D eigenvalue weighted by atomic mass is 79.9. The van der Waals surface area contributed by atoms with Crippen molar-refractivity contribution in [2.75, 3.05) is 17.1 Å². The van der Waals surface area contributed by atoms with Crippen LogP contribution in [0, 0.1) is 0 Å². The monoisotopic (exact) mass is 346 g/mol. The van der Waals surface area contributed by atoms with E-state index < -0.39 is 10.0 Å². The normalized spacial score (nSPS) is 17.4. The molecule has 0 saturated heterocycles. The van der Waals surface area contributed by atoms with Gasteiger partial charge in [-0.2, -0.15) is 0 Å². The van der Waals surface area contributed by atoms with Gasteiger partial charge < -0.3 is 5.73 Å². The number of hydrogen-bond acceptors (Lipinski definition) is 3. The summed E-state index contributed by atoms with van der Waals surface area (Å²) in [6, 6.07) is 5.26. The molecular formula is C13H19BrN2O2S. The molecule has 19 heavy (non-hydrogen) atoms. The summed E-state index contributed by atoms with van der Waals surface area (Å²) in [4.78, 5) is 0. The molecule has 0 bridgehead atoms. The van der Waals surface area contributed by atoms with E-state index in [1.54, 1.807) is 25.2 Å². The lowest BCUT2D eigenvalue weighted by atomic mass is 10.0. The first kappa shape index (κ1) is 14.7. The molecule has 1 saturated carbocycles. The number of halogens is 1. The van der Waals surface area contributed by atoms with Crippen LogP contribution in [0.4, 0.5) is 11.4 Å². The third-order valence-electron chi connectivity index (χ3n) is 3.68. The Morgan fingerprint density at radius 2 is 1.89 bits per heavy atom. The highest BCUT2D eigenvalue weighted by molar-refractivity contribution is 9.10. The summed E-state index contributed by atoms with van der Waals surface area (Å²) < 4.78 is 27.3. The van der Waals surface area contributed by atoms with Crippen LogP contribution < -0.4 is 10.0 Å². The Bertz CT molecular complexity index is 554. The lowest BCUT2D eigenvalue weighted by Crippen LogP contribution is -2.37. The van der Waals surface area contributed by atoms with Crippen LogP contribution >= 0.6 is 15.9 Å². The fourth-order valence-corrected chi connectivity index (χ4v) is 4.73. The molecule has 2 N–H and O–H groups in total. The summed E-state index contributed by atoms with van der Waals surface area (Å²) in [7, 11) is -1.73. The summed E-state index contributed by atoms with van der Waals surface area (Å²) in [6.07, 6.45) is 4.63. The van der Waals surface area contributed by atoms with E-state index in [0.717, 1.165) is 36.6 Å². The van der Waals surface area contributed by atoms with Crippen molar-refractivity contribution in [3.63, 3.8) is 0 Å². The van der Waals surface area contributed by atoms with Gasteiger partial charge in [-0.1, -0.05) is 35.2 Å². The van der Waals surface area contributed by atoms with E-state index in [9.17, 15) is 8.42 Å². The van der Waals surface area contributed by atoms with Gasteiger partial charge in [0, 0.05) is 11.5 Å². The summed E-state index contributed by atoms with van der Waals surface area (Å²) in [5.74, 6) is 0. The van der Waals surface area contributed by atoms with Crippen molar-refractivity contribution >= 4 is 37.3 Å². The lowest BCUT2D eigenvalue weighted by Gasteiger charge is -2.29. The molecule has 1 aliphatic rings. The average molecular weight is 347 g/mol. The zero-order valence-electron chi connectivity index (χ0n) is 11.0. The highest BCUT2D eigenvalue weighted by Crippen LogP contribution is 2.32. The molecular weight excluding hydrogens is 328 g/mol. The minimum Gasteiger partial charge on any atom is -0.397 e. The number of nitrogen functional groups attached to an aromatic ring is 1. The predicted octanol–water partition coefficient (Wildman–Crippen LogP) is 3.13. The van der Waals surface area contributed by atoms with Gasteiger partial charge in [0.25, 0.3) is 0 Å². The Balaban J connectivity index is 2.29.